The van der Waals surface area contributed by atoms with Crippen LogP contribution in [0.5, 0.6) is 11.5 Å². The van der Waals surface area contributed by atoms with Crippen LogP contribution in [0.4, 0.5) is 18.9 Å². The summed E-state index contributed by atoms with van der Waals surface area (Å²) in [5.41, 5.74) is 1.03. The van der Waals surface area contributed by atoms with E-state index in [4.69, 9.17) is 10.6 Å². The monoisotopic (exact) mass is 431 g/mol. The number of para-hydroxylation sites is 1. The Morgan fingerprint density at radius 1 is 1.03 bits per heavy atom. The quantitative estimate of drug-likeness (QED) is 0.185. The zero-order chi connectivity index (χ0) is 21.4. The lowest BCUT2D eigenvalue weighted by atomic mass is 10.3. The maximum Gasteiger partial charge on any atom is 0.451 e. The van der Waals surface area contributed by atoms with Crippen LogP contribution in [0, 0.1) is 0 Å². The van der Waals surface area contributed by atoms with Gasteiger partial charge in [-0.05, 0) is 42.5 Å². The molecule has 0 aliphatic carbocycles. The molecular formula is C20H16F3N5OS. The third-order valence-electron chi connectivity index (χ3n) is 3.60. The van der Waals surface area contributed by atoms with Gasteiger partial charge in [0.15, 0.2) is 0 Å². The Kier molecular flexibility index (Phi) is 7.02. The van der Waals surface area contributed by atoms with Gasteiger partial charge >= 0.3 is 6.18 Å². The number of ether oxygens (including phenoxy) is 1. The number of hydrazone groups is 1. The van der Waals surface area contributed by atoms with Crippen LogP contribution < -0.4 is 10.6 Å². The Bertz CT molecular complexity index is 1020. The summed E-state index contributed by atoms with van der Waals surface area (Å²) < 4.78 is 43.8. The first-order valence-corrected chi connectivity index (χ1v) is 9.59. The van der Waals surface area contributed by atoms with E-state index in [2.05, 4.69) is 20.1 Å². The largest absolute Gasteiger partial charge is 0.457 e. The number of nitrogens with zero attached hydrogens (tertiary/aromatic N) is 4. The maximum absolute atomic E-state index is 12.7. The number of hydrogen-bond donors (Lipinski definition) is 1. The fourth-order valence-corrected chi connectivity index (χ4v) is 2.94. The van der Waals surface area contributed by atoms with Gasteiger partial charge in [0, 0.05) is 11.9 Å². The molecule has 10 heteroatoms. The van der Waals surface area contributed by atoms with E-state index in [0.29, 0.717) is 17.1 Å². The zero-order valence-electron chi connectivity index (χ0n) is 15.5. The number of hydrogen-bond acceptors (Lipinski definition) is 7. The molecule has 1 aromatic heterocycles. The van der Waals surface area contributed by atoms with Crippen LogP contribution in [0.25, 0.3) is 0 Å². The zero-order valence-corrected chi connectivity index (χ0v) is 16.3. The molecule has 0 saturated carbocycles. The highest BCUT2D eigenvalue weighted by atomic mass is 32.2. The molecule has 0 amide bonds. The van der Waals surface area contributed by atoms with Crippen molar-refractivity contribution < 1.29 is 17.9 Å². The average Bonchev–Trinajstić information content (AvgIpc) is 2.75. The van der Waals surface area contributed by atoms with Crippen molar-refractivity contribution in [2.45, 2.75) is 11.2 Å². The molecule has 0 bridgehead atoms. The van der Waals surface area contributed by atoms with E-state index in [-0.39, 0.29) is 10.8 Å². The van der Waals surface area contributed by atoms with Gasteiger partial charge in [-0.1, -0.05) is 30.0 Å². The average molecular weight is 431 g/mol. The second-order valence-electron chi connectivity index (χ2n) is 5.79. The normalized spacial score (nSPS) is 12.3. The van der Waals surface area contributed by atoms with Gasteiger partial charge in [0.2, 0.25) is 5.82 Å². The number of benzene rings is 2. The lowest BCUT2D eigenvalue weighted by Crippen LogP contribution is -2.11. The predicted octanol–water partition coefficient (Wildman–Crippen LogP) is 5.10. The van der Waals surface area contributed by atoms with Crippen molar-refractivity contribution in [3.8, 4) is 11.5 Å². The number of alkyl halides is 3. The van der Waals surface area contributed by atoms with Gasteiger partial charge in [0.1, 0.15) is 16.5 Å². The number of thioether (sulfide) groups is 1. The highest BCUT2D eigenvalue weighted by Crippen LogP contribution is 2.27. The van der Waals surface area contributed by atoms with E-state index in [1.54, 1.807) is 24.3 Å². The second-order valence-corrected chi connectivity index (χ2v) is 6.79. The van der Waals surface area contributed by atoms with Gasteiger partial charge in [-0.25, -0.2) is 9.97 Å². The van der Waals surface area contributed by atoms with Crippen molar-refractivity contribution in [3.63, 3.8) is 0 Å². The summed E-state index contributed by atoms with van der Waals surface area (Å²) in [6, 6.07) is 17.8. The summed E-state index contributed by atoms with van der Waals surface area (Å²) in [6.07, 6.45) is -2.09. The Morgan fingerprint density at radius 2 is 1.73 bits per heavy atom. The predicted molar refractivity (Wildman–Crippen MR) is 110 cm³/mol. The molecule has 0 fully saturated rings. The molecule has 0 atom stereocenters. The minimum atomic E-state index is -4.60. The van der Waals surface area contributed by atoms with E-state index < -0.39 is 12.0 Å². The summed E-state index contributed by atoms with van der Waals surface area (Å²) >= 11 is 1.05. The van der Waals surface area contributed by atoms with Gasteiger partial charge in [0.25, 0.3) is 0 Å². The number of aliphatic imine (C=N–C) groups is 1. The van der Waals surface area contributed by atoms with Crippen LogP contribution in [-0.4, -0.2) is 27.6 Å². The molecule has 0 radical (unpaired) electrons. The lowest BCUT2D eigenvalue weighted by molar-refractivity contribution is -0.145. The third kappa shape index (κ3) is 6.31. The summed E-state index contributed by atoms with van der Waals surface area (Å²) in [5.74, 6) is 5.75. The van der Waals surface area contributed by atoms with Crippen molar-refractivity contribution in [2.24, 2.45) is 15.9 Å². The Hall–Kier alpha value is -3.40. The van der Waals surface area contributed by atoms with Crippen molar-refractivity contribution >= 4 is 29.4 Å². The highest BCUT2D eigenvalue weighted by Gasteiger charge is 2.34. The molecule has 154 valence electrons. The van der Waals surface area contributed by atoms with E-state index in [1.807, 2.05) is 30.3 Å². The first kappa shape index (κ1) is 21.3. The number of aromatic nitrogens is 2. The minimum absolute atomic E-state index is 0.161. The lowest BCUT2D eigenvalue weighted by Gasteiger charge is -2.06. The molecule has 2 N–H and O–H groups in total. The van der Waals surface area contributed by atoms with E-state index in [9.17, 15) is 13.2 Å². The summed E-state index contributed by atoms with van der Waals surface area (Å²) in [5, 5.41) is 3.78. The molecule has 3 aromatic rings. The number of halogens is 3. The van der Waals surface area contributed by atoms with Crippen LogP contribution in [0.15, 0.2) is 82.0 Å². The summed E-state index contributed by atoms with van der Waals surface area (Å²) in [6.45, 7) is 0. The fraction of sp³-hybridized carbons (Fsp3) is 0.100. The van der Waals surface area contributed by atoms with E-state index >= 15 is 0 Å². The van der Waals surface area contributed by atoms with E-state index in [1.165, 1.54) is 12.3 Å². The molecular weight excluding hydrogens is 415 g/mol. The third-order valence-corrected chi connectivity index (χ3v) is 4.56. The molecule has 0 spiro atoms. The van der Waals surface area contributed by atoms with Crippen molar-refractivity contribution in [2.75, 3.05) is 5.75 Å². The van der Waals surface area contributed by atoms with Gasteiger partial charge in [-0.15, -0.1) is 0 Å². The van der Waals surface area contributed by atoms with Gasteiger partial charge < -0.3 is 10.6 Å². The van der Waals surface area contributed by atoms with Crippen LogP contribution in [0.2, 0.25) is 0 Å². The molecule has 0 aliphatic rings. The molecule has 0 aliphatic heterocycles. The van der Waals surface area contributed by atoms with Crippen molar-refractivity contribution in [3.05, 3.63) is 72.7 Å². The molecule has 1 heterocycles. The van der Waals surface area contributed by atoms with Crippen LogP contribution >= 0.6 is 11.8 Å². The SMILES string of the molecule is NN=C(C=Nc1ccc(Oc2ccccc2)cc1)CSc1ccnc(C(F)(F)F)n1. The standard InChI is InChI=1S/C20H16F3N5OS/c21-20(22,23)19-25-11-10-18(27-19)30-13-15(28-24)12-26-14-6-8-17(9-7-14)29-16-4-2-1-3-5-16/h1-12H,13,24H2. The van der Waals surface area contributed by atoms with E-state index in [0.717, 1.165) is 23.7 Å². The molecule has 30 heavy (non-hydrogen) atoms. The summed E-state index contributed by atoms with van der Waals surface area (Å²) in [7, 11) is 0. The van der Waals surface area contributed by atoms with Gasteiger partial charge in [0.05, 0.1) is 17.6 Å². The molecule has 3 rings (SSSR count). The van der Waals surface area contributed by atoms with Crippen LogP contribution in [0.3, 0.4) is 0 Å². The summed E-state index contributed by atoms with van der Waals surface area (Å²) in [4.78, 5) is 11.0. The second kappa shape index (κ2) is 9.88. The molecule has 0 unspecified atom stereocenters. The van der Waals surface area contributed by atoms with Gasteiger partial charge in [-0.3, -0.25) is 4.99 Å². The molecule has 2 aromatic carbocycles. The first-order valence-electron chi connectivity index (χ1n) is 8.61. The maximum atomic E-state index is 12.7. The number of nitrogens with two attached hydrogens (primary N) is 1. The fourth-order valence-electron chi connectivity index (χ4n) is 2.19. The number of rotatable bonds is 7. The highest BCUT2D eigenvalue weighted by molar-refractivity contribution is 8.00. The molecule has 6 nitrogen and oxygen atoms in total. The molecule has 0 saturated heterocycles. The Labute approximate surface area is 174 Å². The Balaban J connectivity index is 1.58. The Morgan fingerprint density at radius 3 is 2.40 bits per heavy atom. The van der Waals surface area contributed by atoms with Gasteiger partial charge in [-0.2, -0.15) is 18.3 Å². The first-order chi connectivity index (χ1) is 14.4. The topological polar surface area (TPSA) is 85.8 Å². The smallest absolute Gasteiger partial charge is 0.451 e. The minimum Gasteiger partial charge on any atom is -0.457 e. The van der Waals surface area contributed by atoms with Crippen molar-refractivity contribution in [1.29, 1.82) is 0 Å². The van der Waals surface area contributed by atoms with Crippen LogP contribution in [0.1, 0.15) is 5.82 Å². The van der Waals surface area contributed by atoms with Crippen LogP contribution in [-0.2, 0) is 6.18 Å². The van der Waals surface area contributed by atoms with Crippen molar-refractivity contribution in [1.82, 2.24) is 9.97 Å².